The molecule has 4 heteroatoms. The van der Waals surface area contributed by atoms with Gasteiger partial charge in [0.1, 0.15) is 0 Å². The zero-order valence-corrected chi connectivity index (χ0v) is 10.5. The van der Waals surface area contributed by atoms with E-state index in [1.54, 1.807) is 18.3 Å². The van der Waals surface area contributed by atoms with Crippen molar-refractivity contribution in [3.05, 3.63) is 59.3 Å². The van der Waals surface area contributed by atoms with Gasteiger partial charge in [0, 0.05) is 22.2 Å². The lowest BCUT2D eigenvalue weighted by atomic mass is 9.97. The van der Waals surface area contributed by atoms with Gasteiger partial charge in [-0.05, 0) is 36.8 Å². The summed E-state index contributed by atoms with van der Waals surface area (Å²) in [5.41, 5.74) is 9.39. The van der Waals surface area contributed by atoms with Crippen LogP contribution in [0.3, 0.4) is 0 Å². The van der Waals surface area contributed by atoms with Crippen molar-refractivity contribution in [3.8, 4) is 0 Å². The van der Waals surface area contributed by atoms with E-state index >= 15 is 0 Å². The first-order valence-electron chi connectivity index (χ1n) is 6.00. The standard InChI is InChI=1S/C15H13N3O/c1-9-6-14-10(8-17-18-14)7-12(9)15(19)11-4-2-3-5-13(11)16/h2-8H,16H2,1H3,(H,17,18). The van der Waals surface area contributed by atoms with E-state index in [-0.39, 0.29) is 5.78 Å². The third-order valence-corrected chi connectivity index (χ3v) is 3.24. The van der Waals surface area contributed by atoms with Gasteiger partial charge in [0.05, 0.1) is 11.7 Å². The van der Waals surface area contributed by atoms with Crippen LogP contribution in [-0.4, -0.2) is 16.0 Å². The number of nitrogens with zero attached hydrogens (tertiary/aromatic N) is 1. The number of nitrogens with one attached hydrogen (secondary N) is 1. The second-order valence-corrected chi connectivity index (χ2v) is 4.54. The van der Waals surface area contributed by atoms with Gasteiger partial charge in [-0.15, -0.1) is 0 Å². The Morgan fingerprint density at radius 1 is 1.21 bits per heavy atom. The molecule has 2 aromatic carbocycles. The SMILES string of the molecule is Cc1cc2[nH]ncc2cc1C(=O)c1ccccc1N. The van der Waals surface area contributed by atoms with Crippen molar-refractivity contribution in [3.63, 3.8) is 0 Å². The minimum absolute atomic E-state index is 0.0568. The van der Waals surface area contributed by atoms with Crippen LogP contribution < -0.4 is 5.73 Å². The van der Waals surface area contributed by atoms with Crippen LogP contribution in [0, 0.1) is 6.92 Å². The second kappa shape index (κ2) is 4.24. The number of ketones is 1. The van der Waals surface area contributed by atoms with Crippen molar-refractivity contribution in [2.24, 2.45) is 0 Å². The lowest BCUT2D eigenvalue weighted by Gasteiger charge is -2.07. The minimum atomic E-state index is -0.0568. The van der Waals surface area contributed by atoms with E-state index in [2.05, 4.69) is 10.2 Å². The van der Waals surface area contributed by atoms with Crippen LogP contribution in [-0.2, 0) is 0 Å². The molecule has 94 valence electrons. The smallest absolute Gasteiger partial charge is 0.195 e. The molecule has 0 amide bonds. The number of carbonyl (C=O) groups is 1. The molecular formula is C15H13N3O. The van der Waals surface area contributed by atoms with Crippen molar-refractivity contribution in [1.82, 2.24) is 10.2 Å². The Morgan fingerprint density at radius 3 is 2.79 bits per heavy atom. The Hall–Kier alpha value is -2.62. The number of para-hydroxylation sites is 1. The van der Waals surface area contributed by atoms with E-state index in [1.165, 1.54) is 0 Å². The van der Waals surface area contributed by atoms with Crippen molar-refractivity contribution >= 4 is 22.4 Å². The van der Waals surface area contributed by atoms with Crippen LogP contribution in [0.25, 0.3) is 10.9 Å². The van der Waals surface area contributed by atoms with Gasteiger partial charge in [-0.2, -0.15) is 5.10 Å². The van der Waals surface area contributed by atoms with Gasteiger partial charge in [0.2, 0.25) is 0 Å². The monoisotopic (exact) mass is 251 g/mol. The van der Waals surface area contributed by atoms with Crippen LogP contribution in [0.15, 0.2) is 42.6 Å². The first-order valence-corrected chi connectivity index (χ1v) is 6.00. The topological polar surface area (TPSA) is 71.8 Å². The molecule has 0 unspecified atom stereocenters. The predicted molar refractivity (Wildman–Crippen MR) is 75.1 cm³/mol. The van der Waals surface area contributed by atoms with E-state index in [0.717, 1.165) is 16.5 Å². The summed E-state index contributed by atoms with van der Waals surface area (Å²) in [5.74, 6) is -0.0568. The summed E-state index contributed by atoms with van der Waals surface area (Å²) in [6, 6.07) is 10.9. The third-order valence-electron chi connectivity index (χ3n) is 3.24. The fourth-order valence-electron chi connectivity index (χ4n) is 2.19. The molecule has 0 aliphatic heterocycles. The van der Waals surface area contributed by atoms with Crippen molar-refractivity contribution in [1.29, 1.82) is 0 Å². The number of hydrogen-bond acceptors (Lipinski definition) is 3. The molecule has 3 rings (SSSR count). The summed E-state index contributed by atoms with van der Waals surface area (Å²) in [7, 11) is 0. The van der Waals surface area contributed by atoms with Gasteiger partial charge >= 0.3 is 0 Å². The van der Waals surface area contributed by atoms with Crippen molar-refractivity contribution in [2.45, 2.75) is 6.92 Å². The molecule has 1 heterocycles. The van der Waals surface area contributed by atoms with Crippen molar-refractivity contribution in [2.75, 3.05) is 5.73 Å². The highest BCUT2D eigenvalue weighted by Gasteiger charge is 2.15. The fourth-order valence-corrected chi connectivity index (χ4v) is 2.19. The lowest BCUT2D eigenvalue weighted by molar-refractivity contribution is 0.103. The Kier molecular flexibility index (Phi) is 2.56. The number of carbonyl (C=O) groups excluding carboxylic acids is 1. The number of aryl methyl sites for hydroxylation is 1. The summed E-state index contributed by atoms with van der Waals surface area (Å²) >= 11 is 0. The van der Waals surface area contributed by atoms with E-state index in [4.69, 9.17) is 5.73 Å². The molecule has 3 N–H and O–H groups in total. The molecule has 0 saturated carbocycles. The van der Waals surface area contributed by atoms with E-state index in [1.807, 2.05) is 31.2 Å². The molecule has 0 saturated heterocycles. The fraction of sp³-hybridized carbons (Fsp3) is 0.0667. The Bertz CT molecular complexity index is 774. The van der Waals surface area contributed by atoms with Crippen molar-refractivity contribution < 1.29 is 4.79 Å². The lowest BCUT2D eigenvalue weighted by Crippen LogP contribution is -2.06. The number of nitrogen functional groups attached to an aromatic ring is 1. The highest BCUT2D eigenvalue weighted by molar-refractivity contribution is 6.14. The molecule has 0 spiro atoms. The number of rotatable bonds is 2. The average molecular weight is 251 g/mol. The molecule has 0 aliphatic carbocycles. The van der Waals surface area contributed by atoms with Crippen LogP contribution in [0.4, 0.5) is 5.69 Å². The van der Waals surface area contributed by atoms with Gasteiger partial charge < -0.3 is 5.73 Å². The molecule has 0 radical (unpaired) electrons. The predicted octanol–water partition coefficient (Wildman–Crippen LogP) is 2.68. The van der Waals surface area contributed by atoms with Gasteiger partial charge in [0.15, 0.2) is 5.78 Å². The number of benzene rings is 2. The van der Waals surface area contributed by atoms with E-state index in [0.29, 0.717) is 16.8 Å². The van der Waals surface area contributed by atoms with Gasteiger partial charge in [-0.1, -0.05) is 12.1 Å². The molecule has 19 heavy (non-hydrogen) atoms. The molecule has 1 aromatic heterocycles. The quantitative estimate of drug-likeness (QED) is 0.543. The van der Waals surface area contributed by atoms with Gasteiger partial charge in [0.25, 0.3) is 0 Å². The number of hydrogen-bond donors (Lipinski definition) is 2. The van der Waals surface area contributed by atoms with Crippen LogP contribution in [0.5, 0.6) is 0 Å². The minimum Gasteiger partial charge on any atom is -0.398 e. The summed E-state index contributed by atoms with van der Waals surface area (Å²) in [5, 5.41) is 7.78. The molecule has 0 fully saturated rings. The van der Waals surface area contributed by atoms with Crippen LogP contribution in [0.2, 0.25) is 0 Å². The number of aromatic amines is 1. The zero-order valence-electron chi connectivity index (χ0n) is 10.5. The average Bonchev–Trinajstić information content (AvgIpc) is 2.84. The molecule has 3 aromatic rings. The highest BCUT2D eigenvalue weighted by Crippen LogP contribution is 2.22. The molecule has 0 bridgehead atoms. The highest BCUT2D eigenvalue weighted by atomic mass is 16.1. The maximum absolute atomic E-state index is 12.5. The maximum Gasteiger partial charge on any atom is 0.195 e. The van der Waals surface area contributed by atoms with Crippen LogP contribution in [0.1, 0.15) is 21.5 Å². The number of aromatic nitrogens is 2. The molecule has 0 aliphatic rings. The third kappa shape index (κ3) is 1.87. The number of H-pyrrole nitrogens is 1. The summed E-state index contributed by atoms with van der Waals surface area (Å²) in [6.45, 7) is 1.91. The zero-order chi connectivity index (χ0) is 13.4. The first kappa shape index (κ1) is 11.5. The van der Waals surface area contributed by atoms with E-state index < -0.39 is 0 Å². The summed E-state index contributed by atoms with van der Waals surface area (Å²) in [6.07, 6.45) is 1.71. The normalized spacial score (nSPS) is 10.8. The largest absolute Gasteiger partial charge is 0.398 e. The summed E-state index contributed by atoms with van der Waals surface area (Å²) < 4.78 is 0. The van der Waals surface area contributed by atoms with E-state index in [9.17, 15) is 4.79 Å². The maximum atomic E-state index is 12.5. The Morgan fingerprint density at radius 2 is 2.00 bits per heavy atom. The van der Waals surface area contributed by atoms with Crippen LogP contribution >= 0.6 is 0 Å². The number of fused-ring (bicyclic) bond motifs is 1. The van der Waals surface area contributed by atoms with Gasteiger partial charge in [-0.25, -0.2) is 0 Å². The summed E-state index contributed by atoms with van der Waals surface area (Å²) in [4.78, 5) is 12.5. The molecule has 0 atom stereocenters. The Labute approximate surface area is 110 Å². The number of anilines is 1. The Balaban J connectivity index is 2.16. The number of nitrogens with two attached hydrogens (primary N) is 1. The second-order valence-electron chi connectivity index (χ2n) is 4.54. The molecular weight excluding hydrogens is 238 g/mol. The van der Waals surface area contributed by atoms with Gasteiger partial charge in [-0.3, -0.25) is 9.89 Å². The first-order chi connectivity index (χ1) is 9.16. The molecule has 4 nitrogen and oxygen atoms in total.